The van der Waals surface area contributed by atoms with Crippen LogP contribution < -0.4 is 0 Å². The second-order valence-corrected chi connectivity index (χ2v) is 2.49. The molecule has 0 bridgehead atoms. The molecule has 0 saturated carbocycles. The molecule has 2 heteroatoms. The summed E-state index contributed by atoms with van der Waals surface area (Å²) >= 11 is 0. The molecule has 0 spiro atoms. The first kappa shape index (κ1) is 10.7. The monoisotopic (exact) mass is 166 g/mol. The molecule has 0 aliphatic carbocycles. The highest BCUT2D eigenvalue weighted by Gasteiger charge is 1.79. The van der Waals surface area contributed by atoms with Crippen molar-refractivity contribution in [1.29, 1.82) is 0 Å². The minimum absolute atomic E-state index is 0.375. The van der Waals surface area contributed by atoms with Crippen LogP contribution in [0.4, 0.5) is 0 Å². The van der Waals surface area contributed by atoms with E-state index in [1.165, 1.54) is 18.2 Å². The summed E-state index contributed by atoms with van der Waals surface area (Å²) < 4.78 is 3.86. The van der Waals surface area contributed by atoms with Gasteiger partial charge in [0.2, 0.25) is 0 Å². The topological polar surface area (TPSA) is 26.3 Å². The minimum atomic E-state index is 0.375. The van der Waals surface area contributed by atoms with E-state index < -0.39 is 0 Å². The number of carbonyl (C=O) groups excluding carboxylic acids is 1. The number of rotatable bonds is 1. The van der Waals surface area contributed by atoms with Crippen molar-refractivity contribution in [1.82, 2.24) is 0 Å². The highest BCUT2D eigenvalue weighted by molar-refractivity contribution is 5.36. The Hall–Kier alpha value is -1.31. The van der Waals surface area contributed by atoms with Gasteiger partial charge in [0.15, 0.2) is 0 Å². The van der Waals surface area contributed by atoms with Gasteiger partial charge in [-0.15, -0.1) is 0 Å². The number of carbonyl (C=O) groups is 1. The van der Waals surface area contributed by atoms with Crippen molar-refractivity contribution in [2.24, 2.45) is 0 Å². The minimum Gasteiger partial charge on any atom is -0.471 e. The fourth-order valence-corrected chi connectivity index (χ4v) is 0.637. The number of methoxy groups -OCH3 is 1. The van der Waals surface area contributed by atoms with Crippen molar-refractivity contribution in [2.45, 2.75) is 13.8 Å². The van der Waals surface area contributed by atoms with Crippen molar-refractivity contribution >= 4 is 6.47 Å². The van der Waals surface area contributed by atoms with Crippen LogP contribution in [0.3, 0.4) is 0 Å². The molecule has 0 fully saturated rings. The highest BCUT2D eigenvalue weighted by atomic mass is 16.5. The van der Waals surface area contributed by atoms with E-state index in [1.807, 2.05) is 0 Å². The van der Waals surface area contributed by atoms with E-state index in [1.54, 1.807) is 0 Å². The van der Waals surface area contributed by atoms with Crippen molar-refractivity contribution in [3.05, 3.63) is 35.4 Å². The quantitative estimate of drug-likeness (QED) is 0.597. The number of aryl methyl sites for hydroxylation is 2. The largest absolute Gasteiger partial charge is 0.471 e. The Kier molecular flexibility index (Phi) is 5.70. The zero-order valence-electron chi connectivity index (χ0n) is 7.70. The van der Waals surface area contributed by atoms with E-state index >= 15 is 0 Å². The first-order chi connectivity index (χ1) is 5.70. The SMILES string of the molecule is COC=O.Cc1ccc(C)cc1. The molecule has 2 nitrogen and oxygen atoms in total. The highest BCUT2D eigenvalue weighted by Crippen LogP contribution is 1.99. The van der Waals surface area contributed by atoms with Gasteiger partial charge < -0.3 is 4.74 Å². The fourth-order valence-electron chi connectivity index (χ4n) is 0.637. The summed E-state index contributed by atoms with van der Waals surface area (Å²) in [5, 5.41) is 0. The average molecular weight is 166 g/mol. The normalized spacial score (nSPS) is 7.92. The molecule has 1 aromatic carbocycles. The lowest BCUT2D eigenvalue weighted by molar-refractivity contribution is -0.126. The van der Waals surface area contributed by atoms with E-state index in [2.05, 4.69) is 42.8 Å². The molecule has 0 unspecified atom stereocenters. The molecule has 0 N–H and O–H groups in total. The average Bonchev–Trinajstić information content (AvgIpc) is 2.11. The molecular formula is C10H14O2. The Bertz CT molecular complexity index is 193. The first-order valence-corrected chi connectivity index (χ1v) is 3.70. The van der Waals surface area contributed by atoms with E-state index in [9.17, 15) is 0 Å². The van der Waals surface area contributed by atoms with Gasteiger partial charge in [0.05, 0.1) is 7.11 Å². The van der Waals surface area contributed by atoms with E-state index in [0.29, 0.717) is 6.47 Å². The zero-order valence-corrected chi connectivity index (χ0v) is 7.70. The Morgan fingerprint density at radius 2 is 1.33 bits per heavy atom. The van der Waals surface area contributed by atoms with Crippen LogP contribution in [0.2, 0.25) is 0 Å². The molecule has 1 aromatic rings. The summed E-state index contributed by atoms with van der Waals surface area (Å²) in [4.78, 5) is 8.95. The molecule has 0 aliphatic heterocycles. The second kappa shape index (κ2) is 6.40. The van der Waals surface area contributed by atoms with E-state index in [4.69, 9.17) is 4.79 Å². The third-order valence-corrected chi connectivity index (χ3v) is 1.31. The van der Waals surface area contributed by atoms with Crippen molar-refractivity contribution in [3.8, 4) is 0 Å². The molecule has 0 aliphatic rings. The van der Waals surface area contributed by atoms with Crippen LogP contribution >= 0.6 is 0 Å². The third kappa shape index (κ3) is 5.47. The van der Waals surface area contributed by atoms with Crippen LogP contribution in [0.25, 0.3) is 0 Å². The molecule has 0 aromatic heterocycles. The summed E-state index contributed by atoms with van der Waals surface area (Å²) in [6, 6.07) is 8.48. The number of hydrogen-bond acceptors (Lipinski definition) is 2. The molecule has 66 valence electrons. The van der Waals surface area contributed by atoms with Gasteiger partial charge in [0.1, 0.15) is 0 Å². The molecular weight excluding hydrogens is 152 g/mol. The van der Waals surface area contributed by atoms with Gasteiger partial charge in [-0.05, 0) is 13.8 Å². The van der Waals surface area contributed by atoms with Gasteiger partial charge in [0.25, 0.3) is 6.47 Å². The van der Waals surface area contributed by atoms with Gasteiger partial charge in [0, 0.05) is 0 Å². The standard InChI is InChI=1S/C8H10.C2H4O2/c1-7-3-5-8(2)6-4-7;1-4-2-3/h3-6H,1-2H3;2H,1H3. The van der Waals surface area contributed by atoms with Crippen LogP contribution in [0.15, 0.2) is 24.3 Å². The number of benzene rings is 1. The van der Waals surface area contributed by atoms with Crippen LogP contribution in [-0.4, -0.2) is 13.6 Å². The molecule has 0 amide bonds. The van der Waals surface area contributed by atoms with Crippen molar-refractivity contribution < 1.29 is 9.53 Å². The van der Waals surface area contributed by atoms with Gasteiger partial charge in [-0.2, -0.15) is 0 Å². The molecule has 0 radical (unpaired) electrons. The maximum Gasteiger partial charge on any atom is 0.292 e. The Balaban J connectivity index is 0.000000261. The van der Waals surface area contributed by atoms with E-state index in [0.717, 1.165) is 0 Å². The molecule has 1 rings (SSSR count). The van der Waals surface area contributed by atoms with Crippen LogP contribution in [-0.2, 0) is 9.53 Å². The second-order valence-electron chi connectivity index (χ2n) is 2.49. The number of ether oxygens (including phenoxy) is 1. The lowest BCUT2D eigenvalue weighted by Crippen LogP contribution is -1.70. The molecule has 12 heavy (non-hydrogen) atoms. The lowest BCUT2D eigenvalue weighted by atomic mass is 10.2. The maximum atomic E-state index is 8.95. The number of hydrogen-bond donors (Lipinski definition) is 0. The third-order valence-electron chi connectivity index (χ3n) is 1.31. The predicted octanol–water partition coefficient (Wildman–Crippen LogP) is 2.09. The summed E-state index contributed by atoms with van der Waals surface area (Å²) in [6.45, 7) is 4.57. The van der Waals surface area contributed by atoms with Crippen LogP contribution in [0, 0.1) is 13.8 Å². The van der Waals surface area contributed by atoms with Gasteiger partial charge >= 0.3 is 0 Å². The molecule has 0 heterocycles. The Labute approximate surface area is 73.2 Å². The maximum absolute atomic E-state index is 8.95. The first-order valence-electron chi connectivity index (χ1n) is 3.70. The van der Waals surface area contributed by atoms with Crippen molar-refractivity contribution in [3.63, 3.8) is 0 Å². The van der Waals surface area contributed by atoms with Gasteiger partial charge in [-0.1, -0.05) is 35.4 Å². The lowest BCUT2D eigenvalue weighted by Gasteiger charge is -1.90. The van der Waals surface area contributed by atoms with Gasteiger partial charge in [-0.3, -0.25) is 4.79 Å². The predicted molar refractivity (Wildman–Crippen MR) is 49.0 cm³/mol. The fraction of sp³-hybridized carbons (Fsp3) is 0.300. The summed E-state index contributed by atoms with van der Waals surface area (Å²) in [5.74, 6) is 0. The molecule has 0 atom stereocenters. The smallest absolute Gasteiger partial charge is 0.292 e. The Morgan fingerprint density at radius 3 is 1.50 bits per heavy atom. The summed E-state index contributed by atoms with van der Waals surface area (Å²) in [6.07, 6.45) is 0. The summed E-state index contributed by atoms with van der Waals surface area (Å²) in [7, 11) is 1.31. The van der Waals surface area contributed by atoms with E-state index in [-0.39, 0.29) is 0 Å². The molecule has 0 saturated heterocycles. The van der Waals surface area contributed by atoms with Crippen LogP contribution in [0.1, 0.15) is 11.1 Å². The van der Waals surface area contributed by atoms with Crippen molar-refractivity contribution in [2.75, 3.05) is 7.11 Å². The Morgan fingerprint density at radius 1 is 1.08 bits per heavy atom. The van der Waals surface area contributed by atoms with Gasteiger partial charge in [-0.25, -0.2) is 0 Å². The zero-order chi connectivity index (χ0) is 9.40. The summed E-state index contributed by atoms with van der Waals surface area (Å²) in [5.41, 5.74) is 2.66. The van der Waals surface area contributed by atoms with Crippen LogP contribution in [0.5, 0.6) is 0 Å².